The van der Waals surface area contributed by atoms with Gasteiger partial charge in [0.15, 0.2) is 5.82 Å². The van der Waals surface area contributed by atoms with Crippen molar-refractivity contribution in [3.8, 4) is 5.82 Å². The second kappa shape index (κ2) is 4.97. The van der Waals surface area contributed by atoms with Gasteiger partial charge in [-0.05, 0) is 37.3 Å². The van der Waals surface area contributed by atoms with Crippen LogP contribution in [-0.2, 0) is 12.8 Å². The zero-order chi connectivity index (χ0) is 15.0. The number of aryl methyl sites for hydroxylation is 2. The smallest absolute Gasteiger partial charge is 0.339 e. The number of carbonyl (C=O) groups is 1. The molecule has 1 aliphatic carbocycles. The fourth-order valence-electron chi connectivity index (χ4n) is 2.48. The molecular formula is C13H12N4O4. The minimum absolute atomic E-state index is 0.00801. The predicted octanol–water partition coefficient (Wildman–Crippen LogP) is 1.75. The molecule has 2 aromatic heterocycles. The lowest BCUT2D eigenvalue weighted by Gasteiger charge is -2.17. The Morgan fingerprint density at radius 1 is 1.38 bits per heavy atom. The van der Waals surface area contributed by atoms with Crippen molar-refractivity contribution >= 4 is 11.7 Å². The summed E-state index contributed by atoms with van der Waals surface area (Å²) in [7, 11) is 0. The SMILES string of the molecule is O=C(O)c1cc2c(nc1-n1cc([N+](=O)[O-])cn1)CCCC2. The molecule has 1 N–H and O–H groups in total. The molecule has 0 saturated carbocycles. The van der Waals surface area contributed by atoms with Crippen molar-refractivity contribution in [1.82, 2.24) is 14.8 Å². The van der Waals surface area contributed by atoms with E-state index in [0.29, 0.717) is 0 Å². The third-order valence-corrected chi connectivity index (χ3v) is 3.51. The van der Waals surface area contributed by atoms with Gasteiger partial charge in [0.2, 0.25) is 0 Å². The minimum atomic E-state index is -1.12. The van der Waals surface area contributed by atoms with Gasteiger partial charge in [0.1, 0.15) is 18.0 Å². The van der Waals surface area contributed by atoms with Crippen molar-refractivity contribution in [1.29, 1.82) is 0 Å². The summed E-state index contributed by atoms with van der Waals surface area (Å²) in [5.74, 6) is -1.000. The van der Waals surface area contributed by atoms with E-state index < -0.39 is 10.9 Å². The van der Waals surface area contributed by atoms with Crippen LogP contribution < -0.4 is 0 Å². The van der Waals surface area contributed by atoms with Gasteiger partial charge in [0, 0.05) is 5.69 Å². The van der Waals surface area contributed by atoms with Crippen LogP contribution in [0.3, 0.4) is 0 Å². The lowest BCUT2D eigenvalue weighted by Crippen LogP contribution is -2.14. The van der Waals surface area contributed by atoms with E-state index >= 15 is 0 Å². The Morgan fingerprint density at radius 3 is 2.81 bits per heavy atom. The Kier molecular flexibility index (Phi) is 3.13. The van der Waals surface area contributed by atoms with Gasteiger partial charge in [-0.2, -0.15) is 5.10 Å². The standard InChI is InChI=1S/C13H12N4O4/c18-13(19)10-5-8-3-1-2-4-11(8)15-12(10)16-7-9(6-14-16)17(20)21/h5-7H,1-4H2,(H,18,19). The number of carboxylic acid groups (broad SMARTS) is 1. The van der Waals surface area contributed by atoms with Crippen LogP contribution in [-0.4, -0.2) is 30.8 Å². The maximum Gasteiger partial charge on any atom is 0.339 e. The highest BCUT2D eigenvalue weighted by Gasteiger charge is 2.21. The van der Waals surface area contributed by atoms with Gasteiger partial charge in [-0.1, -0.05) is 0 Å². The van der Waals surface area contributed by atoms with Crippen LogP contribution >= 0.6 is 0 Å². The molecule has 0 radical (unpaired) electrons. The molecule has 21 heavy (non-hydrogen) atoms. The molecule has 8 nitrogen and oxygen atoms in total. The molecule has 0 spiro atoms. The second-order valence-corrected chi connectivity index (χ2v) is 4.88. The van der Waals surface area contributed by atoms with E-state index in [1.165, 1.54) is 6.20 Å². The van der Waals surface area contributed by atoms with Gasteiger partial charge in [-0.25, -0.2) is 14.5 Å². The summed E-state index contributed by atoms with van der Waals surface area (Å²) in [5, 5.41) is 23.9. The Labute approximate surface area is 119 Å². The number of hydrogen-bond acceptors (Lipinski definition) is 5. The molecular weight excluding hydrogens is 276 g/mol. The number of aromatic carboxylic acids is 1. The Hall–Kier alpha value is -2.77. The number of pyridine rings is 1. The molecule has 0 unspecified atom stereocenters. The number of nitrogens with zero attached hydrogens (tertiary/aromatic N) is 4. The maximum atomic E-state index is 11.4. The van der Waals surface area contributed by atoms with Crippen LogP contribution in [0.5, 0.6) is 0 Å². The largest absolute Gasteiger partial charge is 0.478 e. The van der Waals surface area contributed by atoms with Crippen LogP contribution in [0, 0.1) is 10.1 Å². The van der Waals surface area contributed by atoms with Gasteiger partial charge in [0.05, 0.1) is 4.92 Å². The molecule has 0 bridgehead atoms. The molecule has 2 aromatic rings. The number of aromatic nitrogens is 3. The minimum Gasteiger partial charge on any atom is -0.478 e. The number of fused-ring (bicyclic) bond motifs is 1. The fourth-order valence-corrected chi connectivity index (χ4v) is 2.48. The second-order valence-electron chi connectivity index (χ2n) is 4.88. The molecule has 1 aliphatic rings. The van der Waals surface area contributed by atoms with E-state index in [1.54, 1.807) is 6.07 Å². The highest BCUT2D eigenvalue weighted by atomic mass is 16.6. The summed E-state index contributed by atoms with van der Waals surface area (Å²) in [5.41, 5.74) is 1.59. The summed E-state index contributed by atoms with van der Waals surface area (Å²) in [4.78, 5) is 25.9. The molecule has 0 fully saturated rings. The van der Waals surface area contributed by atoms with Crippen molar-refractivity contribution in [3.63, 3.8) is 0 Å². The lowest BCUT2D eigenvalue weighted by atomic mass is 9.95. The first kappa shape index (κ1) is 13.2. The maximum absolute atomic E-state index is 11.4. The van der Waals surface area contributed by atoms with E-state index in [1.807, 2.05) is 0 Å². The van der Waals surface area contributed by atoms with Gasteiger partial charge >= 0.3 is 11.7 Å². The number of rotatable bonds is 3. The monoisotopic (exact) mass is 288 g/mol. The van der Waals surface area contributed by atoms with E-state index in [2.05, 4.69) is 10.1 Å². The molecule has 0 aromatic carbocycles. The third kappa shape index (κ3) is 2.35. The summed E-state index contributed by atoms with van der Waals surface area (Å²) in [6.07, 6.45) is 5.86. The molecule has 3 rings (SSSR count). The highest BCUT2D eigenvalue weighted by Crippen LogP contribution is 2.24. The van der Waals surface area contributed by atoms with Gasteiger partial charge < -0.3 is 5.11 Å². The summed E-state index contributed by atoms with van der Waals surface area (Å²) in [6, 6.07) is 1.60. The van der Waals surface area contributed by atoms with E-state index in [9.17, 15) is 20.0 Å². The first-order chi connectivity index (χ1) is 10.1. The number of hydrogen-bond donors (Lipinski definition) is 1. The topological polar surface area (TPSA) is 111 Å². The van der Waals surface area contributed by atoms with Crippen molar-refractivity contribution in [2.45, 2.75) is 25.7 Å². The number of nitro groups is 1. The normalized spacial score (nSPS) is 13.7. The molecule has 0 amide bonds. The third-order valence-electron chi connectivity index (χ3n) is 3.51. The predicted molar refractivity (Wildman–Crippen MR) is 71.6 cm³/mol. The van der Waals surface area contributed by atoms with Gasteiger partial charge in [-0.15, -0.1) is 0 Å². The van der Waals surface area contributed by atoms with E-state index in [0.717, 1.165) is 47.8 Å². The van der Waals surface area contributed by atoms with Crippen LogP contribution in [0.4, 0.5) is 5.69 Å². The summed E-state index contributed by atoms with van der Waals surface area (Å²) in [6.45, 7) is 0. The average Bonchev–Trinajstić information content (AvgIpc) is 2.95. The molecule has 2 heterocycles. The van der Waals surface area contributed by atoms with Crippen molar-refractivity contribution in [2.24, 2.45) is 0 Å². The Bertz CT molecular complexity index is 738. The zero-order valence-electron chi connectivity index (χ0n) is 11.0. The Balaban J connectivity index is 2.15. The fraction of sp³-hybridized carbons (Fsp3) is 0.308. The van der Waals surface area contributed by atoms with Crippen molar-refractivity contribution < 1.29 is 14.8 Å². The molecule has 108 valence electrons. The van der Waals surface area contributed by atoms with Crippen molar-refractivity contribution in [2.75, 3.05) is 0 Å². The summed E-state index contributed by atoms with van der Waals surface area (Å²) >= 11 is 0. The van der Waals surface area contributed by atoms with Gasteiger partial charge in [-0.3, -0.25) is 10.1 Å². The first-order valence-electron chi connectivity index (χ1n) is 6.52. The van der Waals surface area contributed by atoms with E-state index in [4.69, 9.17) is 0 Å². The average molecular weight is 288 g/mol. The van der Waals surface area contributed by atoms with Crippen LogP contribution in [0.25, 0.3) is 5.82 Å². The van der Waals surface area contributed by atoms with Crippen LogP contribution in [0.2, 0.25) is 0 Å². The molecule has 8 heteroatoms. The Morgan fingerprint density at radius 2 is 2.14 bits per heavy atom. The van der Waals surface area contributed by atoms with Gasteiger partial charge in [0.25, 0.3) is 0 Å². The quantitative estimate of drug-likeness (QED) is 0.680. The van der Waals surface area contributed by atoms with Crippen LogP contribution in [0.15, 0.2) is 18.5 Å². The molecule has 0 aliphatic heterocycles. The highest BCUT2D eigenvalue weighted by molar-refractivity contribution is 5.91. The summed E-state index contributed by atoms with van der Waals surface area (Å²) < 4.78 is 1.15. The van der Waals surface area contributed by atoms with Crippen molar-refractivity contribution in [3.05, 3.63) is 45.4 Å². The van der Waals surface area contributed by atoms with E-state index in [-0.39, 0.29) is 17.1 Å². The van der Waals surface area contributed by atoms with Crippen LogP contribution in [0.1, 0.15) is 34.5 Å². The number of carboxylic acids is 1. The molecule has 0 atom stereocenters. The first-order valence-corrected chi connectivity index (χ1v) is 6.52. The zero-order valence-corrected chi connectivity index (χ0v) is 11.0. The lowest BCUT2D eigenvalue weighted by molar-refractivity contribution is -0.384. The molecule has 0 saturated heterocycles.